The molecule has 2 rings (SSSR count). The largest absolute Gasteiger partial charge is 0.496 e. The molecule has 1 aliphatic carbocycles. The maximum Gasteiger partial charge on any atom is 0.121 e. The number of aryl methyl sites for hydroxylation is 1. The minimum Gasteiger partial charge on any atom is -0.496 e. The normalized spacial score (nSPS) is 18.9. The molecule has 126 valence electrons. The second-order valence-electron chi connectivity index (χ2n) is 6.71. The molecule has 1 aromatic heterocycles. The average Bonchev–Trinajstić information content (AvgIpc) is 2.91. The van der Waals surface area contributed by atoms with Crippen LogP contribution in [0.25, 0.3) is 0 Å². The summed E-state index contributed by atoms with van der Waals surface area (Å²) in [5.41, 5.74) is 5.25. The number of methoxy groups -OCH3 is 1. The summed E-state index contributed by atoms with van der Waals surface area (Å²) in [6, 6.07) is 0.166. The third-order valence-electron chi connectivity index (χ3n) is 3.95. The summed E-state index contributed by atoms with van der Waals surface area (Å²) in [5, 5.41) is 3.29. The highest BCUT2D eigenvalue weighted by atomic mass is 32.1. The van der Waals surface area contributed by atoms with Crippen molar-refractivity contribution in [3.05, 3.63) is 51.7 Å². The maximum atomic E-state index is 5.54. The van der Waals surface area contributed by atoms with Crippen LogP contribution in [-0.4, -0.2) is 18.1 Å². The smallest absolute Gasteiger partial charge is 0.121 e. The highest BCUT2D eigenvalue weighted by Crippen LogP contribution is 2.28. The second kappa shape index (κ2) is 7.90. The number of allylic oxidation sites excluding steroid dienone is 2. The molecule has 0 saturated heterocycles. The van der Waals surface area contributed by atoms with Gasteiger partial charge in [0.25, 0.3) is 0 Å². The number of aromatic nitrogens is 1. The Morgan fingerprint density at radius 2 is 2.30 bits per heavy atom. The Morgan fingerprint density at radius 1 is 1.52 bits per heavy atom. The number of rotatable bonds is 7. The van der Waals surface area contributed by atoms with Gasteiger partial charge in [0.15, 0.2) is 0 Å². The van der Waals surface area contributed by atoms with Crippen LogP contribution >= 0.6 is 11.3 Å². The van der Waals surface area contributed by atoms with Crippen LogP contribution in [0.3, 0.4) is 0 Å². The van der Waals surface area contributed by atoms with Crippen LogP contribution in [0.1, 0.15) is 37.4 Å². The van der Waals surface area contributed by atoms with E-state index in [0.29, 0.717) is 0 Å². The van der Waals surface area contributed by atoms with E-state index in [1.165, 1.54) is 5.69 Å². The molecule has 3 N–H and O–H groups in total. The Bertz CT molecular complexity index is 614. The van der Waals surface area contributed by atoms with Crippen LogP contribution in [0, 0.1) is 12.3 Å². The monoisotopic (exact) mass is 333 g/mol. The fourth-order valence-corrected chi connectivity index (χ4v) is 3.34. The van der Waals surface area contributed by atoms with Gasteiger partial charge in [0.2, 0.25) is 0 Å². The van der Waals surface area contributed by atoms with Crippen molar-refractivity contribution in [3.63, 3.8) is 0 Å². The molecule has 0 aliphatic heterocycles. The molecule has 5 heteroatoms. The van der Waals surface area contributed by atoms with Gasteiger partial charge in [-0.25, -0.2) is 4.98 Å². The molecule has 1 heterocycles. The van der Waals surface area contributed by atoms with Crippen LogP contribution in [0.15, 0.2) is 41.0 Å². The number of ether oxygens (including phenoxy) is 1. The standard InChI is InChI=1S/C18H27N3OS/c1-13-20-16(12-23-13)11-18(2,3)9-5-6-14-10-15(21-19)7-8-17(14)22-4/h5-6,8,10,12,15,21H,7,9,11,19H2,1-4H3/b6-5+. The van der Waals surface area contributed by atoms with Crippen molar-refractivity contribution in [2.45, 2.75) is 46.1 Å². The van der Waals surface area contributed by atoms with E-state index in [9.17, 15) is 0 Å². The van der Waals surface area contributed by atoms with E-state index in [1.807, 2.05) is 0 Å². The molecule has 0 radical (unpaired) electrons. The van der Waals surface area contributed by atoms with E-state index < -0.39 is 0 Å². The van der Waals surface area contributed by atoms with Gasteiger partial charge in [0.05, 0.1) is 17.8 Å². The maximum absolute atomic E-state index is 5.54. The van der Waals surface area contributed by atoms with Crippen molar-refractivity contribution >= 4 is 11.3 Å². The van der Waals surface area contributed by atoms with E-state index in [2.05, 4.69) is 60.9 Å². The summed E-state index contributed by atoms with van der Waals surface area (Å²) in [6.45, 7) is 6.61. The first-order valence-corrected chi connectivity index (χ1v) is 8.81. The zero-order chi connectivity index (χ0) is 16.9. The molecule has 0 amide bonds. The summed E-state index contributed by atoms with van der Waals surface area (Å²) in [4.78, 5) is 4.57. The van der Waals surface area contributed by atoms with Crippen molar-refractivity contribution < 1.29 is 4.74 Å². The van der Waals surface area contributed by atoms with Crippen LogP contribution in [0.2, 0.25) is 0 Å². The van der Waals surface area contributed by atoms with Crippen molar-refractivity contribution in [2.24, 2.45) is 11.3 Å². The van der Waals surface area contributed by atoms with Gasteiger partial charge in [0, 0.05) is 17.0 Å². The summed E-state index contributed by atoms with van der Waals surface area (Å²) in [7, 11) is 1.71. The molecule has 1 aromatic rings. The Morgan fingerprint density at radius 3 is 2.91 bits per heavy atom. The third kappa shape index (κ3) is 5.30. The van der Waals surface area contributed by atoms with E-state index in [4.69, 9.17) is 10.6 Å². The third-order valence-corrected chi connectivity index (χ3v) is 4.77. The van der Waals surface area contributed by atoms with E-state index >= 15 is 0 Å². The lowest BCUT2D eigenvalue weighted by atomic mass is 9.84. The zero-order valence-electron chi connectivity index (χ0n) is 14.4. The molecule has 1 unspecified atom stereocenters. The molecule has 4 nitrogen and oxygen atoms in total. The zero-order valence-corrected chi connectivity index (χ0v) is 15.2. The molecule has 0 bridgehead atoms. The minimum absolute atomic E-state index is 0.166. The van der Waals surface area contributed by atoms with E-state index in [-0.39, 0.29) is 11.5 Å². The van der Waals surface area contributed by atoms with Crippen LogP contribution < -0.4 is 11.3 Å². The molecule has 0 spiro atoms. The van der Waals surface area contributed by atoms with E-state index in [1.54, 1.807) is 18.4 Å². The van der Waals surface area contributed by atoms with Gasteiger partial charge >= 0.3 is 0 Å². The fourth-order valence-electron chi connectivity index (χ4n) is 2.73. The quantitative estimate of drug-likeness (QED) is 0.590. The molecular weight excluding hydrogens is 306 g/mol. The van der Waals surface area contributed by atoms with Gasteiger partial charge < -0.3 is 4.74 Å². The Kier molecular flexibility index (Phi) is 6.16. The molecular formula is C18H27N3OS. The first-order chi connectivity index (χ1) is 10.9. The summed E-state index contributed by atoms with van der Waals surface area (Å²) < 4.78 is 5.44. The summed E-state index contributed by atoms with van der Waals surface area (Å²) in [5.74, 6) is 6.46. The molecule has 0 fully saturated rings. The molecule has 23 heavy (non-hydrogen) atoms. The lowest BCUT2D eigenvalue weighted by molar-refractivity contribution is 0.297. The lowest BCUT2D eigenvalue weighted by Gasteiger charge is -2.22. The predicted molar refractivity (Wildman–Crippen MR) is 97.0 cm³/mol. The Labute approximate surface area is 143 Å². The first kappa shape index (κ1) is 17.9. The molecule has 1 atom stereocenters. The number of nitrogens with zero attached hydrogens (tertiary/aromatic N) is 1. The Hall–Kier alpha value is -1.43. The number of nitrogens with one attached hydrogen (secondary N) is 1. The fraction of sp³-hybridized carbons (Fsp3) is 0.500. The number of hydrazine groups is 1. The van der Waals surface area contributed by atoms with Crippen LogP contribution in [-0.2, 0) is 11.2 Å². The molecule has 1 aliphatic rings. The van der Waals surface area contributed by atoms with Crippen molar-refractivity contribution in [1.29, 1.82) is 0 Å². The minimum atomic E-state index is 0.166. The van der Waals surface area contributed by atoms with Gasteiger partial charge in [-0.3, -0.25) is 11.3 Å². The number of thiazole rings is 1. The highest BCUT2D eigenvalue weighted by Gasteiger charge is 2.19. The lowest BCUT2D eigenvalue weighted by Crippen LogP contribution is -2.34. The SMILES string of the molecule is COC1=CCC(NN)C=C1/C=C/CC(C)(C)Cc1csc(C)n1. The average molecular weight is 334 g/mol. The van der Waals surface area contributed by atoms with Crippen molar-refractivity contribution in [2.75, 3.05) is 7.11 Å². The van der Waals surface area contributed by atoms with Crippen molar-refractivity contribution in [1.82, 2.24) is 10.4 Å². The van der Waals surface area contributed by atoms with Crippen LogP contribution in [0.4, 0.5) is 0 Å². The highest BCUT2D eigenvalue weighted by molar-refractivity contribution is 7.09. The van der Waals surface area contributed by atoms with Gasteiger partial charge in [-0.1, -0.05) is 32.1 Å². The summed E-state index contributed by atoms with van der Waals surface area (Å²) >= 11 is 1.72. The number of nitrogens with two attached hydrogens (primary N) is 1. The molecule has 0 aromatic carbocycles. The van der Waals surface area contributed by atoms with Crippen LogP contribution in [0.5, 0.6) is 0 Å². The Balaban J connectivity index is 1.98. The predicted octanol–water partition coefficient (Wildman–Crippen LogP) is 3.66. The van der Waals surface area contributed by atoms with Gasteiger partial charge in [0.1, 0.15) is 5.76 Å². The van der Waals surface area contributed by atoms with Crippen molar-refractivity contribution in [3.8, 4) is 0 Å². The van der Waals surface area contributed by atoms with E-state index in [0.717, 1.165) is 35.6 Å². The van der Waals surface area contributed by atoms with Gasteiger partial charge in [-0.05, 0) is 37.7 Å². The first-order valence-electron chi connectivity index (χ1n) is 7.93. The number of hydrogen-bond donors (Lipinski definition) is 2. The van der Waals surface area contributed by atoms with Gasteiger partial charge in [-0.15, -0.1) is 11.3 Å². The topological polar surface area (TPSA) is 60.2 Å². The molecule has 0 saturated carbocycles. The summed E-state index contributed by atoms with van der Waals surface area (Å²) in [6.07, 6.45) is 11.4. The van der Waals surface area contributed by atoms with Gasteiger partial charge in [-0.2, -0.15) is 0 Å². The second-order valence-corrected chi connectivity index (χ2v) is 7.77. The number of hydrogen-bond acceptors (Lipinski definition) is 5.